The number of thiophene rings is 1. The van der Waals surface area contributed by atoms with Crippen LogP contribution >= 0.6 is 22.9 Å². The second-order valence-electron chi connectivity index (χ2n) is 4.52. The van der Waals surface area contributed by atoms with E-state index in [0.717, 1.165) is 24.2 Å². The van der Waals surface area contributed by atoms with Gasteiger partial charge in [0.1, 0.15) is 4.21 Å². The first-order valence-corrected chi connectivity index (χ1v) is 8.95. The molecule has 110 valence electrons. The number of aliphatic hydroxyl groups is 1. The van der Waals surface area contributed by atoms with Crippen LogP contribution in [-0.2, 0) is 10.0 Å². The van der Waals surface area contributed by atoms with Crippen LogP contribution < -0.4 is 4.72 Å². The topological polar surface area (TPSA) is 66.4 Å². The molecule has 0 saturated carbocycles. The number of nitrogens with one attached hydrogen (secondary N) is 1. The lowest BCUT2D eigenvalue weighted by Gasteiger charge is -2.28. The van der Waals surface area contributed by atoms with Gasteiger partial charge in [0.25, 0.3) is 0 Å². The van der Waals surface area contributed by atoms with Crippen LogP contribution in [0.15, 0.2) is 16.3 Å². The molecular formula is C12H20ClNO3S2. The summed E-state index contributed by atoms with van der Waals surface area (Å²) >= 11 is 6.77. The highest BCUT2D eigenvalue weighted by Gasteiger charge is 2.29. The van der Waals surface area contributed by atoms with Gasteiger partial charge in [-0.05, 0) is 25.0 Å². The first kappa shape index (κ1) is 16.9. The van der Waals surface area contributed by atoms with E-state index in [9.17, 15) is 13.5 Å². The van der Waals surface area contributed by atoms with Gasteiger partial charge in [0, 0.05) is 0 Å². The van der Waals surface area contributed by atoms with Gasteiger partial charge in [0.2, 0.25) is 10.0 Å². The van der Waals surface area contributed by atoms with Gasteiger partial charge in [-0.25, -0.2) is 13.1 Å². The Morgan fingerprint density at radius 3 is 2.32 bits per heavy atom. The molecule has 1 aromatic heterocycles. The van der Waals surface area contributed by atoms with Crippen molar-refractivity contribution in [1.29, 1.82) is 0 Å². The highest BCUT2D eigenvalue weighted by atomic mass is 35.5. The fourth-order valence-electron chi connectivity index (χ4n) is 2.06. The molecule has 4 nitrogen and oxygen atoms in total. The Morgan fingerprint density at radius 2 is 1.95 bits per heavy atom. The number of halogens is 1. The number of aliphatic hydroxyl groups excluding tert-OH is 1. The molecule has 0 saturated heterocycles. The van der Waals surface area contributed by atoms with E-state index in [2.05, 4.69) is 4.72 Å². The molecule has 0 aromatic carbocycles. The number of sulfonamides is 1. The zero-order valence-corrected chi connectivity index (χ0v) is 13.6. The van der Waals surface area contributed by atoms with Gasteiger partial charge in [0.05, 0.1) is 16.5 Å². The van der Waals surface area contributed by atoms with Crippen molar-refractivity contribution in [2.24, 2.45) is 5.92 Å². The largest absolute Gasteiger partial charge is 0.392 e. The second-order valence-corrected chi connectivity index (χ2v) is 8.18. The number of hydrogen-bond acceptors (Lipinski definition) is 4. The fraction of sp³-hybridized carbons (Fsp3) is 0.667. The van der Waals surface area contributed by atoms with E-state index in [1.807, 2.05) is 13.8 Å². The predicted octanol–water partition coefficient (Wildman–Crippen LogP) is 2.87. The minimum Gasteiger partial charge on any atom is -0.392 e. The molecule has 0 fully saturated rings. The lowest BCUT2D eigenvalue weighted by atomic mass is 9.92. The molecule has 19 heavy (non-hydrogen) atoms. The molecule has 0 aliphatic carbocycles. The second kappa shape index (κ2) is 7.04. The van der Waals surface area contributed by atoms with Gasteiger partial charge < -0.3 is 5.11 Å². The van der Waals surface area contributed by atoms with Gasteiger partial charge in [0.15, 0.2) is 0 Å². The van der Waals surface area contributed by atoms with Crippen LogP contribution in [0, 0.1) is 5.92 Å². The van der Waals surface area contributed by atoms with Crippen molar-refractivity contribution in [3.63, 3.8) is 0 Å². The fourth-order valence-corrected chi connectivity index (χ4v) is 4.94. The molecule has 1 heterocycles. The van der Waals surface area contributed by atoms with Crippen molar-refractivity contribution in [1.82, 2.24) is 4.72 Å². The van der Waals surface area contributed by atoms with Gasteiger partial charge in [-0.2, -0.15) is 0 Å². The minimum atomic E-state index is -3.62. The van der Waals surface area contributed by atoms with E-state index in [-0.39, 0.29) is 10.1 Å². The smallest absolute Gasteiger partial charge is 0.250 e. The van der Waals surface area contributed by atoms with Crippen molar-refractivity contribution < 1.29 is 13.5 Å². The molecule has 0 radical (unpaired) electrons. The highest BCUT2D eigenvalue weighted by molar-refractivity contribution is 7.91. The first-order valence-electron chi connectivity index (χ1n) is 6.27. The molecule has 0 spiro atoms. The maximum Gasteiger partial charge on any atom is 0.250 e. The third kappa shape index (κ3) is 4.43. The standard InChI is InChI=1S/C12H20ClNO3S2/c1-4-9(5-2)12(8(3)15)14-19(16,17)11-7-6-10(13)18-11/h6-9,12,14-15H,4-5H2,1-3H3. The van der Waals surface area contributed by atoms with Crippen molar-refractivity contribution in [3.05, 3.63) is 16.5 Å². The van der Waals surface area contributed by atoms with E-state index < -0.39 is 22.2 Å². The summed E-state index contributed by atoms with van der Waals surface area (Å²) in [6.07, 6.45) is 0.870. The molecule has 7 heteroatoms. The van der Waals surface area contributed by atoms with E-state index >= 15 is 0 Å². The zero-order valence-electron chi connectivity index (χ0n) is 11.3. The Kier molecular flexibility index (Phi) is 6.26. The summed E-state index contributed by atoms with van der Waals surface area (Å²) in [5, 5.41) is 9.81. The lowest BCUT2D eigenvalue weighted by Crippen LogP contribution is -2.46. The molecule has 0 bridgehead atoms. The van der Waals surface area contributed by atoms with E-state index in [4.69, 9.17) is 11.6 Å². The van der Waals surface area contributed by atoms with E-state index in [0.29, 0.717) is 4.34 Å². The maximum absolute atomic E-state index is 12.2. The summed E-state index contributed by atoms with van der Waals surface area (Å²) in [4.78, 5) is 0. The summed E-state index contributed by atoms with van der Waals surface area (Å²) in [6.45, 7) is 5.58. The lowest BCUT2D eigenvalue weighted by molar-refractivity contribution is 0.121. The SMILES string of the molecule is CCC(CC)C(NS(=O)(=O)c1ccc(Cl)s1)C(C)O. The van der Waals surface area contributed by atoms with E-state index in [1.165, 1.54) is 6.07 Å². The van der Waals surface area contributed by atoms with Crippen LogP contribution in [0.3, 0.4) is 0 Å². The summed E-state index contributed by atoms with van der Waals surface area (Å²) in [6, 6.07) is 2.54. The van der Waals surface area contributed by atoms with Crippen LogP contribution in [0.4, 0.5) is 0 Å². The average molecular weight is 326 g/mol. The monoisotopic (exact) mass is 325 g/mol. The van der Waals surface area contributed by atoms with Crippen LogP contribution in [0.1, 0.15) is 33.6 Å². The molecule has 2 N–H and O–H groups in total. The summed E-state index contributed by atoms with van der Waals surface area (Å²) in [7, 11) is -3.62. The third-order valence-corrected chi connectivity index (χ3v) is 6.36. The van der Waals surface area contributed by atoms with Crippen LogP contribution in [0.25, 0.3) is 0 Å². The molecular weight excluding hydrogens is 306 g/mol. The van der Waals surface area contributed by atoms with Crippen LogP contribution in [-0.4, -0.2) is 25.7 Å². The van der Waals surface area contributed by atoms with Crippen LogP contribution in [0.5, 0.6) is 0 Å². The summed E-state index contributed by atoms with van der Waals surface area (Å²) < 4.78 is 27.7. The summed E-state index contributed by atoms with van der Waals surface area (Å²) in [5.41, 5.74) is 0. The van der Waals surface area contributed by atoms with Gasteiger partial charge in [-0.1, -0.05) is 38.3 Å². The Morgan fingerprint density at radius 1 is 1.37 bits per heavy atom. The maximum atomic E-state index is 12.2. The van der Waals surface area contributed by atoms with E-state index in [1.54, 1.807) is 13.0 Å². The van der Waals surface area contributed by atoms with Gasteiger partial charge in [-0.3, -0.25) is 0 Å². The first-order chi connectivity index (χ1) is 8.81. The Labute approximate surface area is 123 Å². The molecule has 2 unspecified atom stereocenters. The van der Waals surface area contributed by atoms with Gasteiger partial charge in [-0.15, -0.1) is 11.3 Å². The van der Waals surface area contributed by atoms with Crippen molar-refractivity contribution >= 4 is 33.0 Å². The number of hydrogen-bond donors (Lipinski definition) is 2. The van der Waals surface area contributed by atoms with Crippen LogP contribution in [0.2, 0.25) is 4.34 Å². The predicted molar refractivity (Wildman–Crippen MR) is 79.2 cm³/mol. The van der Waals surface area contributed by atoms with Crippen molar-refractivity contribution in [2.75, 3.05) is 0 Å². The Hall–Kier alpha value is -0.140. The molecule has 0 aliphatic heterocycles. The average Bonchev–Trinajstić information content (AvgIpc) is 2.76. The molecule has 1 rings (SSSR count). The molecule has 1 aromatic rings. The molecule has 0 amide bonds. The van der Waals surface area contributed by atoms with Crippen molar-refractivity contribution in [2.45, 2.75) is 50.0 Å². The Balaban J connectivity index is 2.96. The van der Waals surface area contributed by atoms with Crippen molar-refractivity contribution in [3.8, 4) is 0 Å². The quantitative estimate of drug-likeness (QED) is 0.810. The number of rotatable bonds is 7. The summed E-state index contributed by atoms with van der Waals surface area (Å²) in [5.74, 6) is 0.102. The highest BCUT2D eigenvalue weighted by Crippen LogP contribution is 2.27. The van der Waals surface area contributed by atoms with Gasteiger partial charge >= 0.3 is 0 Å². The molecule has 0 aliphatic rings. The Bertz CT molecular complexity index is 495. The third-order valence-electron chi connectivity index (χ3n) is 3.18. The normalized spacial score (nSPS) is 15.7. The molecule has 2 atom stereocenters. The minimum absolute atomic E-state index is 0.102. The zero-order chi connectivity index (χ0) is 14.6.